The fourth-order valence-corrected chi connectivity index (χ4v) is 3.43. The second-order valence-corrected chi connectivity index (χ2v) is 8.47. The summed E-state index contributed by atoms with van der Waals surface area (Å²) in [6, 6.07) is 7.93. The maximum atomic E-state index is 11.9. The van der Waals surface area contributed by atoms with Crippen molar-refractivity contribution in [3.8, 4) is 5.75 Å². The Hall–Kier alpha value is -1.16. The molecule has 1 rings (SSSR count). The lowest BCUT2D eigenvalue weighted by atomic mass is 10.3. The van der Waals surface area contributed by atoms with Crippen molar-refractivity contribution >= 4 is 16.0 Å². The zero-order valence-electron chi connectivity index (χ0n) is 11.7. The molecule has 0 fully saturated rings. The van der Waals surface area contributed by atoms with Crippen LogP contribution in [0.2, 0.25) is 0 Å². The van der Waals surface area contributed by atoms with Gasteiger partial charge in [-0.15, -0.1) is 0 Å². The van der Waals surface area contributed by atoms with Gasteiger partial charge in [-0.05, 0) is 55.5 Å². The number of esters is 1. The second-order valence-electron chi connectivity index (χ2n) is 4.48. The first-order chi connectivity index (χ1) is 8.43. The van der Waals surface area contributed by atoms with Gasteiger partial charge in [-0.2, -0.15) is 0 Å². The number of hydrogen-bond acceptors (Lipinski definition) is 3. The van der Waals surface area contributed by atoms with E-state index in [4.69, 9.17) is 9.47 Å². The van der Waals surface area contributed by atoms with E-state index in [1.807, 2.05) is 38.1 Å². The molecule has 1 aromatic carbocycles. The number of carbonyl (C=O) groups is 1. The van der Waals surface area contributed by atoms with Crippen LogP contribution in [-0.2, 0) is 9.53 Å². The molecule has 1 atom stereocenters. The van der Waals surface area contributed by atoms with Crippen molar-refractivity contribution in [1.82, 2.24) is 0 Å². The summed E-state index contributed by atoms with van der Waals surface area (Å²) in [4.78, 5) is 13.0. The molecule has 18 heavy (non-hydrogen) atoms. The van der Waals surface area contributed by atoms with Crippen molar-refractivity contribution in [3.05, 3.63) is 24.3 Å². The van der Waals surface area contributed by atoms with Crippen molar-refractivity contribution in [2.75, 3.05) is 26.2 Å². The Bertz CT molecular complexity index is 398. The quantitative estimate of drug-likeness (QED) is 0.771. The molecule has 0 N–H and O–H groups in total. The first kappa shape index (κ1) is 14.9. The number of ether oxygens (including phenoxy) is 2. The van der Waals surface area contributed by atoms with Crippen LogP contribution in [0, 0.1) is 0 Å². The van der Waals surface area contributed by atoms with Crippen molar-refractivity contribution in [2.24, 2.45) is 0 Å². The maximum Gasteiger partial charge on any atom is 0.317 e. The number of carbonyl (C=O) groups excluding carboxylic acids is 1. The Balaban J connectivity index is 2.93. The third kappa shape index (κ3) is 3.19. The topological polar surface area (TPSA) is 35.5 Å². The molecule has 1 aromatic rings. The minimum atomic E-state index is -1.22. The molecule has 0 unspecified atom stereocenters. The summed E-state index contributed by atoms with van der Waals surface area (Å²) in [5.41, 5.74) is 0. The Morgan fingerprint density at radius 1 is 1.28 bits per heavy atom. The summed E-state index contributed by atoms with van der Waals surface area (Å²) in [5.74, 6) is 0.714. The lowest BCUT2D eigenvalue weighted by Gasteiger charge is -2.36. The highest BCUT2D eigenvalue weighted by atomic mass is 32.3. The Morgan fingerprint density at radius 2 is 1.83 bits per heavy atom. The Kier molecular flexibility index (Phi) is 5.08. The van der Waals surface area contributed by atoms with Crippen LogP contribution in [0.4, 0.5) is 0 Å². The van der Waals surface area contributed by atoms with Crippen molar-refractivity contribution < 1.29 is 14.3 Å². The normalized spacial score (nSPS) is 13.8. The Labute approximate surface area is 111 Å². The smallest absolute Gasteiger partial charge is 0.317 e. The average Bonchev–Trinajstić information content (AvgIpc) is 2.38. The van der Waals surface area contributed by atoms with E-state index >= 15 is 0 Å². The monoisotopic (exact) mass is 270 g/mol. The van der Waals surface area contributed by atoms with E-state index in [-0.39, 0.29) is 11.2 Å². The first-order valence-corrected chi connectivity index (χ1v) is 8.47. The highest BCUT2D eigenvalue weighted by molar-refractivity contribution is 8.33. The van der Waals surface area contributed by atoms with Gasteiger partial charge in [-0.25, -0.2) is 10.0 Å². The van der Waals surface area contributed by atoms with Crippen LogP contribution >= 0.6 is 10.0 Å². The van der Waals surface area contributed by atoms with E-state index in [0.29, 0.717) is 6.61 Å². The fraction of sp³-hybridized carbons (Fsp3) is 0.500. The van der Waals surface area contributed by atoms with E-state index < -0.39 is 10.0 Å². The van der Waals surface area contributed by atoms with Gasteiger partial charge in [0.25, 0.3) is 0 Å². The zero-order valence-corrected chi connectivity index (χ0v) is 12.5. The molecule has 3 nitrogen and oxygen atoms in total. The number of methoxy groups -OCH3 is 1. The SMILES string of the molecule is CCOC(=O)[C@@H](C)S(C)(C)c1ccc(OC)cc1. The van der Waals surface area contributed by atoms with E-state index in [9.17, 15) is 4.79 Å². The van der Waals surface area contributed by atoms with E-state index in [0.717, 1.165) is 5.75 Å². The summed E-state index contributed by atoms with van der Waals surface area (Å²) in [6.07, 6.45) is 4.27. The molecule has 0 heterocycles. The lowest BCUT2D eigenvalue weighted by Crippen LogP contribution is -2.25. The third-order valence-electron chi connectivity index (χ3n) is 3.17. The molecule has 0 aromatic heterocycles. The van der Waals surface area contributed by atoms with Crippen molar-refractivity contribution in [3.63, 3.8) is 0 Å². The molecule has 0 saturated heterocycles. The van der Waals surface area contributed by atoms with Gasteiger partial charge in [0.2, 0.25) is 0 Å². The fourth-order valence-electron chi connectivity index (χ4n) is 1.63. The largest absolute Gasteiger partial charge is 0.497 e. The predicted octanol–water partition coefficient (Wildman–Crippen LogP) is 3.07. The molecule has 4 heteroatoms. The van der Waals surface area contributed by atoms with Gasteiger partial charge in [-0.1, -0.05) is 0 Å². The van der Waals surface area contributed by atoms with E-state index in [2.05, 4.69) is 12.5 Å². The maximum absolute atomic E-state index is 11.9. The average molecular weight is 270 g/mol. The summed E-state index contributed by atoms with van der Waals surface area (Å²) in [7, 11) is 0.432. The molecule has 0 bridgehead atoms. The molecule has 0 aliphatic rings. The molecular weight excluding hydrogens is 248 g/mol. The molecule has 102 valence electrons. The highest BCUT2D eigenvalue weighted by Crippen LogP contribution is 2.53. The van der Waals surface area contributed by atoms with Gasteiger partial charge < -0.3 is 9.47 Å². The summed E-state index contributed by atoms with van der Waals surface area (Å²) in [5, 5.41) is -0.106. The van der Waals surface area contributed by atoms with Crippen LogP contribution in [0.15, 0.2) is 29.2 Å². The number of hydrogen-bond donors (Lipinski definition) is 0. The third-order valence-corrected chi connectivity index (χ3v) is 6.62. The van der Waals surface area contributed by atoms with Gasteiger partial charge in [0.15, 0.2) is 0 Å². The highest BCUT2D eigenvalue weighted by Gasteiger charge is 2.29. The van der Waals surface area contributed by atoms with Crippen LogP contribution in [0.25, 0.3) is 0 Å². The summed E-state index contributed by atoms with van der Waals surface area (Å²) in [6.45, 7) is 4.21. The Morgan fingerprint density at radius 3 is 2.28 bits per heavy atom. The van der Waals surface area contributed by atoms with Gasteiger partial charge in [0.05, 0.1) is 19.0 Å². The predicted molar refractivity (Wildman–Crippen MR) is 76.8 cm³/mol. The van der Waals surface area contributed by atoms with Crippen LogP contribution < -0.4 is 4.74 Å². The molecule has 0 amide bonds. The van der Waals surface area contributed by atoms with Crippen molar-refractivity contribution in [1.29, 1.82) is 0 Å². The van der Waals surface area contributed by atoms with E-state index in [1.165, 1.54) is 4.90 Å². The van der Waals surface area contributed by atoms with Crippen LogP contribution in [-0.4, -0.2) is 37.4 Å². The van der Waals surface area contributed by atoms with E-state index in [1.54, 1.807) is 7.11 Å². The molecule has 0 aliphatic carbocycles. The lowest BCUT2D eigenvalue weighted by molar-refractivity contribution is -0.142. The molecule has 0 radical (unpaired) electrons. The molecule has 0 spiro atoms. The van der Waals surface area contributed by atoms with Crippen LogP contribution in [0.1, 0.15) is 13.8 Å². The van der Waals surface area contributed by atoms with Gasteiger partial charge in [0.1, 0.15) is 5.75 Å². The second kappa shape index (κ2) is 6.14. The van der Waals surface area contributed by atoms with Crippen LogP contribution in [0.5, 0.6) is 5.75 Å². The zero-order chi connectivity index (χ0) is 13.8. The summed E-state index contributed by atoms with van der Waals surface area (Å²) >= 11 is 0. The summed E-state index contributed by atoms with van der Waals surface area (Å²) < 4.78 is 10.3. The molecule has 0 saturated carbocycles. The minimum Gasteiger partial charge on any atom is -0.497 e. The van der Waals surface area contributed by atoms with Gasteiger partial charge in [0, 0.05) is 0 Å². The number of rotatable bonds is 5. The number of benzene rings is 1. The van der Waals surface area contributed by atoms with Gasteiger partial charge >= 0.3 is 5.97 Å². The minimum absolute atomic E-state index is 0.106. The molecule has 0 aliphatic heterocycles. The standard InChI is InChI=1S/C14H22O3S/c1-6-17-14(15)11(2)18(4,5)13-9-7-12(16-3)8-10-13/h7-11H,6H2,1-5H3/t11-/m1/s1. The van der Waals surface area contributed by atoms with Crippen molar-refractivity contribution in [2.45, 2.75) is 24.0 Å². The first-order valence-electron chi connectivity index (χ1n) is 5.96. The molecular formula is C14H22O3S. The van der Waals surface area contributed by atoms with Gasteiger partial charge in [-0.3, -0.25) is 4.79 Å². The van der Waals surface area contributed by atoms with Crippen LogP contribution in [0.3, 0.4) is 0 Å².